The van der Waals surface area contributed by atoms with E-state index in [0.29, 0.717) is 6.42 Å². The Morgan fingerprint density at radius 2 is 2.19 bits per heavy atom. The summed E-state index contributed by atoms with van der Waals surface area (Å²) in [5.41, 5.74) is -0.142. The SMILES string of the molecule is COCC(CCO)NC(=O)c1ccc(OC)c([N+](=O)[O-])c1. The molecule has 8 nitrogen and oxygen atoms in total. The molecule has 116 valence electrons. The number of hydrogen-bond donors (Lipinski definition) is 2. The number of benzene rings is 1. The molecule has 0 aromatic heterocycles. The van der Waals surface area contributed by atoms with Crippen LogP contribution in [0.3, 0.4) is 0 Å². The molecule has 0 aliphatic carbocycles. The van der Waals surface area contributed by atoms with Gasteiger partial charge in [0.2, 0.25) is 0 Å². The van der Waals surface area contributed by atoms with E-state index >= 15 is 0 Å². The number of rotatable bonds is 8. The summed E-state index contributed by atoms with van der Waals surface area (Å²) in [6.45, 7) is 0.140. The molecule has 0 saturated carbocycles. The Kier molecular flexibility index (Phi) is 6.57. The van der Waals surface area contributed by atoms with Gasteiger partial charge in [0.25, 0.3) is 5.91 Å². The summed E-state index contributed by atoms with van der Waals surface area (Å²) in [6.07, 6.45) is 0.331. The zero-order valence-corrected chi connectivity index (χ0v) is 11.9. The predicted molar refractivity (Wildman–Crippen MR) is 74.5 cm³/mol. The minimum absolute atomic E-state index is 0.0837. The lowest BCUT2D eigenvalue weighted by atomic mass is 10.1. The first-order valence-corrected chi connectivity index (χ1v) is 6.26. The van der Waals surface area contributed by atoms with Crippen molar-refractivity contribution in [1.29, 1.82) is 0 Å². The second-order valence-electron chi connectivity index (χ2n) is 4.28. The summed E-state index contributed by atoms with van der Waals surface area (Å²) in [5.74, 6) is -0.392. The highest BCUT2D eigenvalue weighted by molar-refractivity contribution is 5.95. The van der Waals surface area contributed by atoms with Crippen LogP contribution in [0.5, 0.6) is 5.75 Å². The Morgan fingerprint density at radius 1 is 1.48 bits per heavy atom. The van der Waals surface area contributed by atoms with Gasteiger partial charge >= 0.3 is 5.69 Å². The second kappa shape index (κ2) is 8.18. The molecule has 1 unspecified atom stereocenters. The number of aliphatic hydroxyl groups is 1. The third-order valence-electron chi connectivity index (χ3n) is 2.82. The molecule has 0 aliphatic heterocycles. The number of carbonyl (C=O) groups excluding carboxylic acids is 1. The molecule has 2 N–H and O–H groups in total. The van der Waals surface area contributed by atoms with Crippen LogP contribution in [0.2, 0.25) is 0 Å². The molecule has 0 saturated heterocycles. The van der Waals surface area contributed by atoms with Gasteiger partial charge in [-0.1, -0.05) is 0 Å². The van der Waals surface area contributed by atoms with Gasteiger partial charge in [-0.2, -0.15) is 0 Å². The number of nitro benzene ring substituents is 1. The standard InChI is InChI=1S/C13H18N2O6/c1-20-8-10(5-6-16)14-13(17)9-3-4-12(21-2)11(7-9)15(18)19/h3-4,7,10,16H,5-6,8H2,1-2H3,(H,14,17). The fourth-order valence-electron chi connectivity index (χ4n) is 1.80. The molecule has 0 aliphatic rings. The number of hydrogen-bond acceptors (Lipinski definition) is 6. The number of nitrogens with zero attached hydrogens (tertiary/aromatic N) is 1. The van der Waals surface area contributed by atoms with Gasteiger partial charge in [-0.05, 0) is 18.6 Å². The van der Waals surface area contributed by atoms with Crippen molar-refractivity contribution in [2.24, 2.45) is 0 Å². The zero-order valence-electron chi connectivity index (χ0n) is 11.9. The van der Waals surface area contributed by atoms with Gasteiger partial charge in [0.15, 0.2) is 5.75 Å². The lowest BCUT2D eigenvalue weighted by molar-refractivity contribution is -0.385. The maximum atomic E-state index is 12.1. The van der Waals surface area contributed by atoms with Crippen LogP contribution in [0.1, 0.15) is 16.8 Å². The molecule has 21 heavy (non-hydrogen) atoms. The molecule has 1 amide bonds. The number of aliphatic hydroxyl groups excluding tert-OH is 1. The van der Waals surface area contributed by atoms with Crippen LogP contribution >= 0.6 is 0 Å². The summed E-state index contributed by atoms with van der Waals surface area (Å²) in [6, 6.07) is 3.58. The summed E-state index contributed by atoms with van der Waals surface area (Å²) in [5, 5.41) is 22.5. The van der Waals surface area contributed by atoms with E-state index in [1.54, 1.807) is 0 Å². The van der Waals surface area contributed by atoms with Crippen LogP contribution in [-0.2, 0) is 4.74 Å². The van der Waals surface area contributed by atoms with Crippen LogP contribution in [0.4, 0.5) is 5.69 Å². The van der Waals surface area contributed by atoms with E-state index in [2.05, 4.69) is 5.32 Å². The highest BCUT2D eigenvalue weighted by Crippen LogP contribution is 2.27. The molecule has 0 spiro atoms. The van der Waals surface area contributed by atoms with Crippen molar-refractivity contribution >= 4 is 11.6 Å². The maximum absolute atomic E-state index is 12.1. The first-order valence-electron chi connectivity index (χ1n) is 6.26. The average molecular weight is 298 g/mol. The molecule has 1 aromatic rings. The number of carbonyl (C=O) groups is 1. The molecular formula is C13H18N2O6. The monoisotopic (exact) mass is 298 g/mol. The minimum Gasteiger partial charge on any atom is -0.490 e. The summed E-state index contributed by atoms with van der Waals surface area (Å²) < 4.78 is 9.81. The lowest BCUT2D eigenvalue weighted by Crippen LogP contribution is -2.38. The highest BCUT2D eigenvalue weighted by Gasteiger charge is 2.19. The smallest absolute Gasteiger partial charge is 0.311 e. The third-order valence-corrected chi connectivity index (χ3v) is 2.82. The Hall–Kier alpha value is -2.19. The number of amides is 1. The van der Waals surface area contributed by atoms with Gasteiger partial charge in [-0.3, -0.25) is 14.9 Å². The number of ether oxygens (including phenoxy) is 2. The van der Waals surface area contributed by atoms with Crippen molar-refractivity contribution in [3.8, 4) is 5.75 Å². The van der Waals surface area contributed by atoms with Gasteiger partial charge in [0, 0.05) is 25.3 Å². The predicted octanol–water partition coefficient (Wildman–Crippen LogP) is 0.731. The molecule has 1 rings (SSSR count). The van der Waals surface area contributed by atoms with E-state index < -0.39 is 10.8 Å². The highest BCUT2D eigenvalue weighted by atomic mass is 16.6. The fourth-order valence-corrected chi connectivity index (χ4v) is 1.80. The largest absolute Gasteiger partial charge is 0.490 e. The first kappa shape index (κ1) is 16.9. The summed E-state index contributed by atoms with van der Waals surface area (Å²) in [7, 11) is 2.80. The van der Waals surface area contributed by atoms with Crippen molar-refractivity contribution in [3.63, 3.8) is 0 Å². The van der Waals surface area contributed by atoms with Gasteiger partial charge in [-0.25, -0.2) is 0 Å². The van der Waals surface area contributed by atoms with E-state index in [1.165, 1.54) is 26.4 Å². The topological polar surface area (TPSA) is 111 Å². The normalized spacial score (nSPS) is 11.8. The van der Waals surface area contributed by atoms with E-state index in [0.717, 1.165) is 6.07 Å². The molecular weight excluding hydrogens is 280 g/mol. The van der Waals surface area contributed by atoms with Crippen LogP contribution in [0, 0.1) is 10.1 Å². The minimum atomic E-state index is -0.615. The first-order chi connectivity index (χ1) is 10.0. The van der Waals surface area contributed by atoms with Gasteiger partial charge in [0.1, 0.15) is 0 Å². The van der Waals surface area contributed by atoms with E-state index in [-0.39, 0.29) is 36.3 Å². The molecule has 0 bridgehead atoms. The molecule has 0 radical (unpaired) electrons. The average Bonchev–Trinajstić information content (AvgIpc) is 2.46. The van der Waals surface area contributed by atoms with Crippen molar-refractivity contribution in [2.75, 3.05) is 27.4 Å². The quantitative estimate of drug-likeness (QED) is 0.540. The van der Waals surface area contributed by atoms with Gasteiger partial charge in [-0.15, -0.1) is 0 Å². The Balaban J connectivity index is 2.91. The van der Waals surface area contributed by atoms with Crippen LogP contribution in [-0.4, -0.2) is 49.4 Å². The fraction of sp³-hybridized carbons (Fsp3) is 0.462. The van der Waals surface area contributed by atoms with E-state index in [1.807, 2.05) is 0 Å². The van der Waals surface area contributed by atoms with Gasteiger partial charge in [0.05, 0.1) is 24.7 Å². The third kappa shape index (κ3) is 4.69. The van der Waals surface area contributed by atoms with Gasteiger partial charge < -0.3 is 19.9 Å². The van der Waals surface area contributed by atoms with Crippen molar-refractivity contribution in [2.45, 2.75) is 12.5 Å². The van der Waals surface area contributed by atoms with Crippen LogP contribution < -0.4 is 10.1 Å². The molecule has 1 atom stereocenters. The maximum Gasteiger partial charge on any atom is 0.311 e. The van der Waals surface area contributed by atoms with E-state index in [9.17, 15) is 14.9 Å². The Labute approximate surface area is 121 Å². The number of nitro groups is 1. The Morgan fingerprint density at radius 3 is 2.71 bits per heavy atom. The Bertz CT molecular complexity index is 499. The van der Waals surface area contributed by atoms with Crippen molar-refractivity contribution in [3.05, 3.63) is 33.9 Å². The van der Waals surface area contributed by atoms with Crippen molar-refractivity contribution < 1.29 is 24.3 Å². The number of nitrogens with one attached hydrogen (secondary N) is 1. The zero-order chi connectivity index (χ0) is 15.8. The van der Waals surface area contributed by atoms with Crippen LogP contribution in [0.25, 0.3) is 0 Å². The van der Waals surface area contributed by atoms with Crippen molar-refractivity contribution in [1.82, 2.24) is 5.32 Å². The number of methoxy groups -OCH3 is 2. The summed E-state index contributed by atoms with van der Waals surface area (Å²) in [4.78, 5) is 22.4. The molecule has 1 aromatic carbocycles. The molecule has 8 heteroatoms. The molecule has 0 heterocycles. The summed E-state index contributed by atoms with van der Waals surface area (Å²) >= 11 is 0. The lowest BCUT2D eigenvalue weighted by Gasteiger charge is -2.16. The van der Waals surface area contributed by atoms with E-state index in [4.69, 9.17) is 14.6 Å². The molecule has 0 fully saturated rings. The second-order valence-corrected chi connectivity index (χ2v) is 4.28. The van der Waals surface area contributed by atoms with Crippen LogP contribution in [0.15, 0.2) is 18.2 Å².